The smallest absolute Gasteiger partial charge is 0.240 e. The molecule has 202 valence electrons. The molecule has 0 heterocycles. The maximum absolute atomic E-state index is 12.9. The maximum Gasteiger partial charge on any atom is 0.240 e. The Morgan fingerprint density at radius 2 is 1.35 bits per heavy atom. The van der Waals surface area contributed by atoms with Crippen LogP contribution < -0.4 is 32.7 Å². The summed E-state index contributed by atoms with van der Waals surface area (Å²) in [7, 11) is 0. The molecular weight excluding hydrogens is 428 g/mol. The van der Waals surface area contributed by atoms with E-state index < -0.39 is 5.54 Å². The van der Waals surface area contributed by atoms with Gasteiger partial charge >= 0.3 is 0 Å². The minimum Gasteiger partial charge on any atom is -0.356 e. The van der Waals surface area contributed by atoms with E-state index in [2.05, 4.69) is 42.0 Å². The minimum atomic E-state index is -0.857. The van der Waals surface area contributed by atoms with Gasteiger partial charge in [0.15, 0.2) is 0 Å². The zero-order valence-corrected chi connectivity index (χ0v) is 22.5. The Bertz CT molecular complexity index is 506. The van der Waals surface area contributed by atoms with Crippen LogP contribution in [-0.2, 0) is 9.59 Å². The predicted octanol–water partition coefficient (Wildman–Crippen LogP) is 2.41. The van der Waals surface area contributed by atoms with Gasteiger partial charge in [0.05, 0.1) is 5.54 Å². The van der Waals surface area contributed by atoms with Gasteiger partial charge in [-0.25, -0.2) is 0 Å². The van der Waals surface area contributed by atoms with Gasteiger partial charge in [-0.15, -0.1) is 0 Å². The van der Waals surface area contributed by atoms with Crippen LogP contribution in [0, 0.1) is 5.92 Å². The Morgan fingerprint density at radius 3 is 1.97 bits per heavy atom. The van der Waals surface area contributed by atoms with Crippen molar-refractivity contribution in [3.8, 4) is 0 Å². The van der Waals surface area contributed by atoms with Crippen molar-refractivity contribution in [1.82, 2.24) is 21.3 Å². The molecule has 0 aromatic carbocycles. The van der Waals surface area contributed by atoms with Gasteiger partial charge in [-0.2, -0.15) is 0 Å². The second-order valence-corrected chi connectivity index (χ2v) is 9.57. The van der Waals surface area contributed by atoms with Crippen LogP contribution in [0.2, 0.25) is 0 Å². The fourth-order valence-electron chi connectivity index (χ4n) is 3.90. The van der Waals surface area contributed by atoms with Gasteiger partial charge in [0.2, 0.25) is 11.8 Å². The van der Waals surface area contributed by atoms with Crippen molar-refractivity contribution in [3.05, 3.63) is 0 Å². The van der Waals surface area contributed by atoms with Gasteiger partial charge in [0.1, 0.15) is 0 Å². The Hall–Kier alpha value is -1.22. The lowest BCUT2D eigenvalue weighted by Crippen LogP contribution is -2.58. The summed E-state index contributed by atoms with van der Waals surface area (Å²) < 4.78 is 0. The van der Waals surface area contributed by atoms with Gasteiger partial charge in [0, 0.05) is 19.5 Å². The van der Waals surface area contributed by atoms with Crippen molar-refractivity contribution < 1.29 is 9.59 Å². The van der Waals surface area contributed by atoms with Gasteiger partial charge in [-0.1, -0.05) is 40.0 Å². The molecule has 2 unspecified atom stereocenters. The summed E-state index contributed by atoms with van der Waals surface area (Å²) in [5.74, 6) is 0.182. The highest BCUT2D eigenvalue weighted by Crippen LogP contribution is 2.24. The van der Waals surface area contributed by atoms with Gasteiger partial charge in [-0.05, 0) is 90.0 Å². The second kappa shape index (κ2) is 22.3. The highest BCUT2D eigenvalue weighted by atomic mass is 16.2. The number of unbranched alkanes of at least 4 members (excludes halogenated alkanes) is 4. The highest BCUT2D eigenvalue weighted by Gasteiger charge is 2.37. The van der Waals surface area contributed by atoms with E-state index in [-0.39, 0.29) is 17.7 Å². The van der Waals surface area contributed by atoms with E-state index in [0.717, 1.165) is 96.9 Å². The normalized spacial score (nSPS) is 13.9. The van der Waals surface area contributed by atoms with Crippen LogP contribution in [0.5, 0.6) is 0 Å². The average Bonchev–Trinajstić information content (AvgIpc) is 2.83. The Morgan fingerprint density at radius 1 is 0.765 bits per heavy atom. The number of hydrogen-bond donors (Lipinski definition) is 6. The lowest BCUT2D eigenvalue weighted by molar-refractivity contribution is -0.128. The van der Waals surface area contributed by atoms with Crippen molar-refractivity contribution in [2.24, 2.45) is 17.4 Å². The summed E-state index contributed by atoms with van der Waals surface area (Å²) in [5.41, 5.74) is 11.2. The first-order valence-corrected chi connectivity index (χ1v) is 13.9. The molecule has 8 heteroatoms. The summed E-state index contributed by atoms with van der Waals surface area (Å²) in [5, 5.41) is 12.9. The number of rotatable bonds is 24. The topological polar surface area (TPSA) is 134 Å². The van der Waals surface area contributed by atoms with Crippen LogP contribution in [0.3, 0.4) is 0 Å². The zero-order chi connectivity index (χ0) is 25.5. The molecule has 0 saturated heterocycles. The molecule has 0 aliphatic carbocycles. The highest BCUT2D eigenvalue weighted by molar-refractivity contribution is 5.86. The van der Waals surface area contributed by atoms with Crippen LogP contribution in [0.15, 0.2) is 0 Å². The van der Waals surface area contributed by atoms with Crippen LogP contribution >= 0.6 is 0 Å². The van der Waals surface area contributed by atoms with Crippen LogP contribution in [0.25, 0.3) is 0 Å². The fourth-order valence-corrected chi connectivity index (χ4v) is 3.90. The molecule has 0 aliphatic rings. The molecule has 0 aromatic heterocycles. The first kappa shape index (κ1) is 32.8. The van der Waals surface area contributed by atoms with Gasteiger partial charge < -0.3 is 32.7 Å². The van der Waals surface area contributed by atoms with Gasteiger partial charge in [0.25, 0.3) is 0 Å². The van der Waals surface area contributed by atoms with E-state index in [0.29, 0.717) is 25.9 Å². The lowest BCUT2D eigenvalue weighted by atomic mass is 9.79. The summed E-state index contributed by atoms with van der Waals surface area (Å²) in [6.45, 7) is 12.2. The standard InChI is InChI=1S/C26H56N6O2/c1-4-6-7-14-24(33)31-21-9-8-15-26(28,23(3)5-2)25(34)32-22-13-20-30-18-11-10-17-29-19-12-16-27/h23,29-30H,4-22,27-28H2,1-3H3,(H,31,33)(H,32,34). The first-order chi connectivity index (χ1) is 16.4. The molecule has 0 aromatic rings. The monoisotopic (exact) mass is 484 g/mol. The Balaban J connectivity index is 4.02. The molecule has 8 N–H and O–H groups in total. The molecule has 2 atom stereocenters. The summed E-state index contributed by atoms with van der Waals surface area (Å²) in [6.07, 6.45) is 11.1. The molecule has 8 nitrogen and oxygen atoms in total. The molecule has 0 spiro atoms. The first-order valence-electron chi connectivity index (χ1n) is 13.9. The SMILES string of the molecule is CCCCCC(=O)NCCCCC(N)(C(=O)NCCCNCCCCNCCCN)C(C)CC. The van der Waals surface area contributed by atoms with Crippen molar-refractivity contribution >= 4 is 11.8 Å². The van der Waals surface area contributed by atoms with E-state index in [1.54, 1.807) is 0 Å². The van der Waals surface area contributed by atoms with Crippen molar-refractivity contribution in [3.63, 3.8) is 0 Å². The lowest BCUT2D eigenvalue weighted by Gasteiger charge is -2.34. The van der Waals surface area contributed by atoms with E-state index in [1.807, 2.05) is 0 Å². The number of hydrogen-bond acceptors (Lipinski definition) is 6. The molecule has 0 radical (unpaired) electrons. The molecular formula is C26H56N6O2. The molecule has 0 fully saturated rings. The Labute approximate surface area is 209 Å². The quantitative estimate of drug-likeness (QED) is 0.117. The average molecular weight is 485 g/mol. The van der Waals surface area contributed by atoms with Crippen LogP contribution in [0.4, 0.5) is 0 Å². The van der Waals surface area contributed by atoms with Crippen LogP contribution in [0.1, 0.15) is 97.8 Å². The second-order valence-electron chi connectivity index (χ2n) is 9.57. The summed E-state index contributed by atoms with van der Waals surface area (Å²) in [4.78, 5) is 24.7. The molecule has 0 aliphatic heterocycles. The van der Waals surface area contributed by atoms with E-state index in [4.69, 9.17) is 11.5 Å². The van der Waals surface area contributed by atoms with Gasteiger partial charge in [-0.3, -0.25) is 9.59 Å². The number of nitrogens with one attached hydrogen (secondary N) is 4. The third-order valence-corrected chi connectivity index (χ3v) is 6.59. The molecule has 2 amide bonds. The Kier molecular flexibility index (Phi) is 21.5. The van der Waals surface area contributed by atoms with Crippen molar-refractivity contribution in [2.75, 3.05) is 45.8 Å². The molecule has 0 bridgehead atoms. The summed E-state index contributed by atoms with van der Waals surface area (Å²) in [6, 6.07) is 0. The zero-order valence-electron chi connectivity index (χ0n) is 22.5. The number of carbonyl (C=O) groups is 2. The fraction of sp³-hybridized carbons (Fsp3) is 0.923. The van der Waals surface area contributed by atoms with Crippen molar-refractivity contribution in [2.45, 2.75) is 103 Å². The van der Waals surface area contributed by atoms with Crippen LogP contribution in [-0.4, -0.2) is 63.2 Å². The third kappa shape index (κ3) is 16.4. The maximum atomic E-state index is 12.9. The molecule has 0 saturated carbocycles. The third-order valence-electron chi connectivity index (χ3n) is 6.59. The van der Waals surface area contributed by atoms with E-state index in [1.165, 1.54) is 0 Å². The van der Waals surface area contributed by atoms with Crippen molar-refractivity contribution in [1.29, 1.82) is 0 Å². The molecule has 34 heavy (non-hydrogen) atoms. The van der Waals surface area contributed by atoms with E-state index in [9.17, 15) is 9.59 Å². The number of carbonyl (C=O) groups excluding carboxylic acids is 2. The van der Waals surface area contributed by atoms with E-state index >= 15 is 0 Å². The predicted molar refractivity (Wildman–Crippen MR) is 144 cm³/mol. The minimum absolute atomic E-state index is 0.0472. The molecule has 0 rings (SSSR count). The number of nitrogens with two attached hydrogens (primary N) is 2. The largest absolute Gasteiger partial charge is 0.356 e. The summed E-state index contributed by atoms with van der Waals surface area (Å²) >= 11 is 0. The number of amides is 2.